The summed E-state index contributed by atoms with van der Waals surface area (Å²) in [5, 5.41) is 13.9. The van der Waals surface area contributed by atoms with Gasteiger partial charge in [0.05, 0.1) is 11.3 Å². The van der Waals surface area contributed by atoms with Crippen molar-refractivity contribution in [2.45, 2.75) is 45.6 Å². The van der Waals surface area contributed by atoms with E-state index in [0.717, 1.165) is 23.3 Å². The number of anilines is 1. The van der Waals surface area contributed by atoms with Crippen molar-refractivity contribution in [3.8, 4) is 17.0 Å². The standard InChI is InChI=1S/C30H29F4N3O3/c1-19-15-20(9-14-26(19)40-29(2,3)28(38)39)17-37(18-22-7-5-6-8-24(22)31)27-16-25(35-36(27)4)21-10-12-23(13-11-21)30(32,33)34/h5-16H,17-18H2,1-4H3,(H,38,39). The van der Waals surface area contributed by atoms with E-state index < -0.39 is 23.3 Å². The van der Waals surface area contributed by atoms with Crippen molar-refractivity contribution in [2.24, 2.45) is 7.05 Å². The van der Waals surface area contributed by atoms with E-state index >= 15 is 0 Å². The summed E-state index contributed by atoms with van der Waals surface area (Å²) in [5.41, 5.74) is 0.870. The van der Waals surface area contributed by atoms with Crippen molar-refractivity contribution in [1.82, 2.24) is 9.78 Å². The number of ether oxygens (including phenoxy) is 1. The molecule has 40 heavy (non-hydrogen) atoms. The van der Waals surface area contributed by atoms with E-state index in [4.69, 9.17) is 4.74 Å². The summed E-state index contributed by atoms with van der Waals surface area (Å²) < 4.78 is 61.0. The number of carbonyl (C=O) groups is 1. The molecular formula is C30H29F4N3O3. The van der Waals surface area contributed by atoms with Crippen LogP contribution in [-0.2, 0) is 31.1 Å². The maximum absolute atomic E-state index is 14.6. The number of hydrogen-bond donors (Lipinski definition) is 1. The first-order valence-corrected chi connectivity index (χ1v) is 12.5. The molecule has 0 radical (unpaired) electrons. The van der Waals surface area contributed by atoms with Gasteiger partial charge in [0, 0.05) is 37.3 Å². The molecule has 0 unspecified atom stereocenters. The number of aryl methyl sites for hydroxylation is 2. The molecule has 0 amide bonds. The van der Waals surface area contributed by atoms with Gasteiger partial charge < -0.3 is 14.7 Å². The average Bonchev–Trinajstić information content (AvgIpc) is 3.27. The van der Waals surface area contributed by atoms with E-state index in [1.165, 1.54) is 32.0 Å². The zero-order valence-corrected chi connectivity index (χ0v) is 22.5. The van der Waals surface area contributed by atoms with Crippen molar-refractivity contribution < 1.29 is 32.2 Å². The largest absolute Gasteiger partial charge is 0.478 e. The molecule has 4 aromatic rings. The highest BCUT2D eigenvalue weighted by Crippen LogP contribution is 2.32. The minimum absolute atomic E-state index is 0.196. The van der Waals surface area contributed by atoms with E-state index in [9.17, 15) is 27.5 Å². The number of alkyl halides is 3. The second kappa shape index (κ2) is 11.0. The molecule has 0 saturated heterocycles. The first kappa shape index (κ1) is 28.7. The van der Waals surface area contributed by atoms with Gasteiger partial charge in [-0.25, -0.2) is 9.18 Å². The molecule has 0 spiro atoms. The van der Waals surface area contributed by atoms with Crippen LogP contribution in [0.4, 0.5) is 23.4 Å². The molecule has 6 nitrogen and oxygen atoms in total. The third-order valence-electron chi connectivity index (χ3n) is 6.50. The normalized spacial score (nSPS) is 11.9. The Bertz CT molecular complexity index is 1510. The van der Waals surface area contributed by atoms with Crippen LogP contribution < -0.4 is 9.64 Å². The maximum Gasteiger partial charge on any atom is 0.416 e. The van der Waals surface area contributed by atoms with Gasteiger partial charge in [-0.15, -0.1) is 0 Å². The second-order valence-electron chi connectivity index (χ2n) is 10.1. The van der Waals surface area contributed by atoms with Gasteiger partial charge in [-0.05, 0) is 56.2 Å². The Labute approximate surface area is 229 Å². The van der Waals surface area contributed by atoms with Gasteiger partial charge in [0.2, 0.25) is 0 Å². The molecule has 0 aliphatic heterocycles. The molecule has 0 saturated carbocycles. The first-order valence-electron chi connectivity index (χ1n) is 12.5. The number of nitrogens with zero attached hydrogens (tertiary/aromatic N) is 3. The number of benzene rings is 3. The Morgan fingerprint density at radius 1 is 1.00 bits per heavy atom. The van der Waals surface area contributed by atoms with Crippen molar-refractivity contribution in [2.75, 3.05) is 4.90 Å². The van der Waals surface area contributed by atoms with Crippen LogP contribution >= 0.6 is 0 Å². The maximum atomic E-state index is 14.6. The SMILES string of the molecule is Cc1cc(CN(Cc2ccccc2F)c2cc(-c3ccc(C(F)(F)F)cc3)nn2C)ccc1OC(C)(C)C(=O)O. The Balaban J connectivity index is 1.67. The zero-order chi connectivity index (χ0) is 29.2. The van der Waals surface area contributed by atoms with Crippen LogP contribution in [0.25, 0.3) is 11.3 Å². The van der Waals surface area contributed by atoms with Crippen LogP contribution in [0, 0.1) is 12.7 Å². The fourth-order valence-electron chi connectivity index (χ4n) is 4.24. The van der Waals surface area contributed by atoms with E-state index in [1.807, 2.05) is 24.0 Å². The Morgan fingerprint density at radius 2 is 1.68 bits per heavy atom. The summed E-state index contributed by atoms with van der Waals surface area (Å²) in [6.07, 6.45) is -4.44. The number of hydrogen-bond acceptors (Lipinski definition) is 4. The van der Waals surface area contributed by atoms with Crippen molar-refractivity contribution in [1.29, 1.82) is 0 Å². The minimum atomic E-state index is -4.44. The molecule has 210 valence electrons. The molecule has 0 bridgehead atoms. The second-order valence-corrected chi connectivity index (χ2v) is 10.1. The Hall–Kier alpha value is -4.34. The highest BCUT2D eigenvalue weighted by molar-refractivity contribution is 5.76. The average molecular weight is 556 g/mol. The molecule has 1 heterocycles. The van der Waals surface area contributed by atoms with Crippen molar-refractivity contribution >= 4 is 11.8 Å². The summed E-state index contributed by atoms with van der Waals surface area (Å²) in [4.78, 5) is 13.4. The smallest absolute Gasteiger partial charge is 0.416 e. The van der Waals surface area contributed by atoms with E-state index in [1.54, 1.807) is 42.1 Å². The van der Waals surface area contributed by atoms with Gasteiger partial charge in [0.15, 0.2) is 5.60 Å². The monoisotopic (exact) mass is 555 g/mol. The van der Waals surface area contributed by atoms with E-state index in [-0.39, 0.29) is 12.4 Å². The molecule has 0 aliphatic rings. The first-order chi connectivity index (χ1) is 18.7. The predicted octanol–water partition coefficient (Wildman–Crippen LogP) is 7.00. The minimum Gasteiger partial charge on any atom is -0.478 e. The highest BCUT2D eigenvalue weighted by atomic mass is 19.4. The number of aromatic nitrogens is 2. The van der Waals surface area contributed by atoms with Crippen LogP contribution in [-0.4, -0.2) is 26.5 Å². The summed E-state index contributed by atoms with van der Waals surface area (Å²) in [6.45, 7) is 5.28. The van der Waals surface area contributed by atoms with Crippen LogP contribution in [0.15, 0.2) is 72.8 Å². The molecule has 3 aromatic carbocycles. The molecule has 0 atom stereocenters. The number of carboxylic acids is 1. The lowest BCUT2D eigenvalue weighted by Gasteiger charge is -2.26. The number of aliphatic carboxylic acids is 1. The lowest BCUT2D eigenvalue weighted by molar-refractivity contribution is -0.152. The number of carboxylic acid groups (broad SMARTS) is 1. The fourth-order valence-corrected chi connectivity index (χ4v) is 4.24. The number of rotatable bonds is 9. The topological polar surface area (TPSA) is 67.6 Å². The van der Waals surface area contributed by atoms with Crippen LogP contribution in [0.3, 0.4) is 0 Å². The van der Waals surface area contributed by atoms with Crippen LogP contribution in [0.1, 0.15) is 36.1 Å². The molecule has 10 heteroatoms. The Kier molecular flexibility index (Phi) is 7.91. The number of halogens is 4. The van der Waals surface area contributed by atoms with Crippen molar-refractivity contribution in [3.63, 3.8) is 0 Å². The quantitative estimate of drug-likeness (QED) is 0.225. The van der Waals surface area contributed by atoms with E-state index in [0.29, 0.717) is 34.9 Å². The molecule has 4 rings (SSSR count). The summed E-state index contributed by atoms with van der Waals surface area (Å²) in [5.74, 6) is -0.398. The molecule has 1 N–H and O–H groups in total. The predicted molar refractivity (Wildman–Crippen MR) is 143 cm³/mol. The summed E-state index contributed by atoms with van der Waals surface area (Å²) >= 11 is 0. The van der Waals surface area contributed by atoms with Gasteiger partial charge in [-0.1, -0.05) is 42.5 Å². The lowest BCUT2D eigenvalue weighted by atomic mass is 10.1. The summed E-state index contributed by atoms with van der Waals surface area (Å²) in [7, 11) is 1.72. The molecular weight excluding hydrogens is 526 g/mol. The highest BCUT2D eigenvalue weighted by Gasteiger charge is 2.31. The molecule has 1 aromatic heterocycles. The third kappa shape index (κ3) is 6.44. The third-order valence-corrected chi connectivity index (χ3v) is 6.50. The van der Waals surface area contributed by atoms with E-state index in [2.05, 4.69) is 5.10 Å². The Morgan fingerprint density at radius 3 is 2.27 bits per heavy atom. The molecule has 0 fully saturated rings. The fraction of sp³-hybridized carbons (Fsp3) is 0.267. The van der Waals surface area contributed by atoms with Gasteiger partial charge in [-0.3, -0.25) is 4.68 Å². The zero-order valence-electron chi connectivity index (χ0n) is 22.5. The van der Waals surface area contributed by atoms with Gasteiger partial charge in [-0.2, -0.15) is 18.3 Å². The lowest BCUT2D eigenvalue weighted by Crippen LogP contribution is -2.38. The van der Waals surface area contributed by atoms with Crippen LogP contribution in [0.5, 0.6) is 5.75 Å². The van der Waals surface area contributed by atoms with Gasteiger partial charge in [0.25, 0.3) is 0 Å². The molecule has 0 aliphatic carbocycles. The van der Waals surface area contributed by atoms with Gasteiger partial charge >= 0.3 is 12.1 Å². The van der Waals surface area contributed by atoms with Gasteiger partial charge in [0.1, 0.15) is 17.4 Å². The van der Waals surface area contributed by atoms with Crippen molar-refractivity contribution in [3.05, 3.63) is 101 Å². The summed E-state index contributed by atoms with van der Waals surface area (Å²) in [6, 6.07) is 18.3. The van der Waals surface area contributed by atoms with Crippen LogP contribution in [0.2, 0.25) is 0 Å².